The van der Waals surface area contributed by atoms with E-state index >= 15 is 0 Å². The van der Waals surface area contributed by atoms with Gasteiger partial charge >= 0.3 is 5.97 Å². The smallest absolute Gasteiger partial charge is 0.306 e. The zero-order valence-corrected chi connectivity index (χ0v) is 15.8. The Kier molecular flexibility index (Phi) is 7.35. The Morgan fingerprint density at radius 2 is 1.62 bits per heavy atom. The molecule has 0 saturated heterocycles. The van der Waals surface area contributed by atoms with E-state index in [1.807, 2.05) is 25.1 Å². The van der Waals surface area contributed by atoms with Crippen molar-refractivity contribution in [1.29, 1.82) is 0 Å². The van der Waals surface area contributed by atoms with E-state index in [-0.39, 0.29) is 25.4 Å². The molecular formula is C19H19BrN2O4. The first-order valence-electron chi connectivity index (χ1n) is 8.00. The second kappa shape index (κ2) is 9.72. The van der Waals surface area contributed by atoms with E-state index in [9.17, 15) is 14.4 Å². The fourth-order valence-electron chi connectivity index (χ4n) is 2.11. The van der Waals surface area contributed by atoms with Crippen LogP contribution in [0.15, 0.2) is 53.0 Å². The summed E-state index contributed by atoms with van der Waals surface area (Å²) in [5, 5.41) is 5.32. The summed E-state index contributed by atoms with van der Waals surface area (Å²) in [5.41, 5.74) is 2.29. The fourth-order valence-corrected chi connectivity index (χ4v) is 2.37. The number of carbonyl (C=O) groups excluding carboxylic acids is 3. The lowest BCUT2D eigenvalue weighted by atomic mass is 10.2. The Hall–Kier alpha value is -2.67. The second-order valence-electron chi connectivity index (χ2n) is 5.63. The maximum absolute atomic E-state index is 11.8. The molecule has 0 radical (unpaired) electrons. The molecule has 0 spiro atoms. The van der Waals surface area contributed by atoms with Crippen molar-refractivity contribution in [3.05, 3.63) is 58.6 Å². The molecule has 2 N–H and O–H groups in total. The maximum atomic E-state index is 11.8. The lowest BCUT2D eigenvalue weighted by molar-refractivity contribution is -0.147. The molecule has 7 heteroatoms. The van der Waals surface area contributed by atoms with Crippen LogP contribution in [0.3, 0.4) is 0 Å². The van der Waals surface area contributed by atoms with Gasteiger partial charge in [0.1, 0.15) is 0 Å². The number of nitrogens with one attached hydrogen (secondary N) is 2. The summed E-state index contributed by atoms with van der Waals surface area (Å²) in [6.45, 7) is 1.52. The highest BCUT2D eigenvalue weighted by molar-refractivity contribution is 9.10. The molecule has 0 aliphatic carbocycles. The van der Waals surface area contributed by atoms with Gasteiger partial charge in [-0.3, -0.25) is 14.4 Å². The number of hydrogen-bond donors (Lipinski definition) is 2. The van der Waals surface area contributed by atoms with Crippen LogP contribution in [0.1, 0.15) is 18.4 Å². The van der Waals surface area contributed by atoms with E-state index in [1.54, 1.807) is 30.3 Å². The topological polar surface area (TPSA) is 84.5 Å². The van der Waals surface area contributed by atoms with E-state index in [2.05, 4.69) is 26.6 Å². The lowest BCUT2D eigenvalue weighted by Crippen LogP contribution is -2.21. The number of ether oxygens (including phenoxy) is 1. The van der Waals surface area contributed by atoms with Crippen LogP contribution in [0, 0.1) is 6.92 Å². The molecule has 0 bridgehead atoms. The third-order valence-electron chi connectivity index (χ3n) is 3.35. The first-order valence-corrected chi connectivity index (χ1v) is 8.79. The Labute approximate surface area is 160 Å². The van der Waals surface area contributed by atoms with Crippen molar-refractivity contribution in [2.75, 3.05) is 17.2 Å². The number of halogens is 1. The monoisotopic (exact) mass is 418 g/mol. The number of hydrogen-bond acceptors (Lipinski definition) is 4. The van der Waals surface area contributed by atoms with Crippen molar-refractivity contribution in [3.8, 4) is 0 Å². The van der Waals surface area contributed by atoms with E-state index < -0.39 is 11.9 Å². The van der Waals surface area contributed by atoms with E-state index in [1.165, 1.54) is 0 Å². The molecule has 6 nitrogen and oxygen atoms in total. The van der Waals surface area contributed by atoms with Gasteiger partial charge in [-0.05, 0) is 48.9 Å². The average Bonchev–Trinajstić information content (AvgIpc) is 2.60. The van der Waals surface area contributed by atoms with E-state index in [0.29, 0.717) is 11.4 Å². The van der Waals surface area contributed by atoms with Crippen molar-refractivity contribution in [2.24, 2.45) is 0 Å². The summed E-state index contributed by atoms with van der Waals surface area (Å²) < 4.78 is 5.79. The number of esters is 1. The van der Waals surface area contributed by atoms with Gasteiger partial charge in [-0.25, -0.2) is 0 Å². The zero-order valence-electron chi connectivity index (χ0n) is 14.3. The van der Waals surface area contributed by atoms with Gasteiger partial charge in [0.05, 0.1) is 6.42 Å². The molecule has 26 heavy (non-hydrogen) atoms. The molecule has 0 atom stereocenters. The molecule has 2 amide bonds. The summed E-state index contributed by atoms with van der Waals surface area (Å²) >= 11 is 3.31. The number of aryl methyl sites for hydroxylation is 1. The van der Waals surface area contributed by atoms with Crippen LogP contribution >= 0.6 is 15.9 Å². The molecule has 0 saturated carbocycles. The lowest BCUT2D eigenvalue weighted by Gasteiger charge is -2.08. The molecule has 0 unspecified atom stereocenters. The standard InChI is InChI=1S/C19H19BrN2O4/c1-13-3-2-4-16(11-13)22-18(24)12-26-19(25)10-9-17(23)21-15-7-5-14(20)6-8-15/h2-8,11H,9-10,12H2,1H3,(H,21,23)(H,22,24). The summed E-state index contributed by atoms with van der Waals surface area (Å²) in [6, 6.07) is 14.4. The van der Waals surface area contributed by atoms with Gasteiger partial charge < -0.3 is 15.4 Å². The molecule has 136 valence electrons. The minimum atomic E-state index is -0.602. The van der Waals surface area contributed by atoms with E-state index in [4.69, 9.17) is 4.74 Å². The van der Waals surface area contributed by atoms with Gasteiger partial charge in [0, 0.05) is 22.3 Å². The quantitative estimate of drug-likeness (QED) is 0.671. The van der Waals surface area contributed by atoms with Crippen molar-refractivity contribution in [2.45, 2.75) is 19.8 Å². The minimum Gasteiger partial charge on any atom is -0.456 e. The highest BCUT2D eigenvalue weighted by Gasteiger charge is 2.11. The van der Waals surface area contributed by atoms with Crippen LogP contribution in [0.5, 0.6) is 0 Å². The van der Waals surface area contributed by atoms with Crippen molar-refractivity contribution < 1.29 is 19.1 Å². The Balaban J connectivity index is 1.67. The predicted molar refractivity (Wildman–Crippen MR) is 103 cm³/mol. The number of amides is 2. The summed E-state index contributed by atoms with van der Waals surface area (Å²) in [4.78, 5) is 35.2. The molecule has 0 aliphatic heterocycles. The molecule has 0 aromatic heterocycles. The van der Waals surface area contributed by atoms with Crippen LogP contribution in [0.25, 0.3) is 0 Å². The predicted octanol–water partition coefficient (Wildman–Crippen LogP) is 3.66. The molecule has 2 aromatic rings. The summed E-state index contributed by atoms with van der Waals surface area (Å²) in [6.07, 6.45) is -0.117. The minimum absolute atomic E-state index is 0.0194. The van der Waals surface area contributed by atoms with Crippen LogP contribution in [-0.2, 0) is 19.1 Å². The van der Waals surface area contributed by atoms with Gasteiger partial charge in [-0.2, -0.15) is 0 Å². The third-order valence-corrected chi connectivity index (χ3v) is 3.88. The van der Waals surface area contributed by atoms with Gasteiger partial charge in [0.2, 0.25) is 5.91 Å². The van der Waals surface area contributed by atoms with Crippen LogP contribution in [-0.4, -0.2) is 24.4 Å². The number of rotatable bonds is 7. The van der Waals surface area contributed by atoms with Gasteiger partial charge in [-0.1, -0.05) is 28.1 Å². The largest absolute Gasteiger partial charge is 0.456 e. The van der Waals surface area contributed by atoms with Crippen molar-refractivity contribution >= 4 is 45.1 Å². The normalized spacial score (nSPS) is 10.1. The van der Waals surface area contributed by atoms with Crippen LogP contribution < -0.4 is 10.6 Å². The maximum Gasteiger partial charge on any atom is 0.306 e. The Morgan fingerprint density at radius 1 is 0.923 bits per heavy atom. The number of anilines is 2. The fraction of sp³-hybridized carbons (Fsp3) is 0.211. The molecular weight excluding hydrogens is 400 g/mol. The van der Waals surface area contributed by atoms with Crippen LogP contribution in [0.2, 0.25) is 0 Å². The molecule has 0 fully saturated rings. The van der Waals surface area contributed by atoms with Gasteiger partial charge in [0.15, 0.2) is 6.61 Å². The van der Waals surface area contributed by atoms with Gasteiger partial charge in [-0.15, -0.1) is 0 Å². The number of benzene rings is 2. The molecule has 2 rings (SSSR count). The molecule has 2 aromatic carbocycles. The summed E-state index contributed by atoms with van der Waals surface area (Å²) in [5.74, 6) is -1.33. The highest BCUT2D eigenvalue weighted by atomic mass is 79.9. The zero-order chi connectivity index (χ0) is 18.9. The van der Waals surface area contributed by atoms with Crippen molar-refractivity contribution in [3.63, 3.8) is 0 Å². The molecule has 0 aliphatic rings. The van der Waals surface area contributed by atoms with E-state index in [0.717, 1.165) is 10.0 Å². The van der Waals surface area contributed by atoms with Crippen LogP contribution in [0.4, 0.5) is 11.4 Å². The van der Waals surface area contributed by atoms with Crippen molar-refractivity contribution in [1.82, 2.24) is 0 Å². The second-order valence-corrected chi connectivity index (χ2v) is 6.55. The SMILES string of the molecule is Cc1cccc(NC(=O)COC(=O)CCC(=O)Nc2ccc(Br)cc2)c1. The third kappa shape index (κ3) is 7.06. The average molecular weight is 419 g/mol. The highest BCUT2D eigenvalue weighted by Crippen LogP contribution is 2.14. The Bertz CT molecular complexity index is 790. The summed E-state index contributed by atoms with van der Waals surface area (Å²) in [7, 11) is 0. The first kappa shape index (κ1) is 19.7. The first-order chi connectivity index (χ1) is 12.4. The molecule has 0 heterocycles. The van der Waals surface area contributed by atoms with Gasteiger partial charge in [0.25, 0.3) is 5.91 Å². The number of carbonyl (C=O) groups is 3. The Morgan fingerprint density at radius 3 is 2.31 bits per heavy atom.